The molecule has 1 aliphatic heterocycles. The average molecular weight is 264 g/mol. The van der Waals surface area contributed by atoms with Crippen LogP contribution >= 0.6 is 0 Å². The topological polar surface area (TPSA) is 50.8 Å². The van der Waals surface area contributed by atoms with Crippen LogP contribution in [0, 0.1) is 6.92 Å². The molecule has 19 heavy (non-hydrogen) atoms. The van der Waals surface area contributed by atoms with E-state index in [1.54, 1.807) is 0 Å². The minimum atomic E-state index is 0.644. The van der Waals surface area contributed by atoms with Crippen LogP contribution in [0.15, 0.2) is 18.2 Å². The molecule has 1 aromatic rings. The monoisotopic (exact) mass is 264 g/mol. The van der Waals surface area contributed by atoms with Crippen molar-refractivity contribution in [2.75, 3.05) is 44.8 Å². The normalized spacial score (nSPS) is 16.1. The van der Waals surface area contributed by atoms with E-state index in [0.717, 1.165) is 49.8 Å². The highest BCUT2D eigenvalue weighted by atomic mass is 16.5. The van der Waals surface area contributed by atoms with Crippen molar-refractivity contribution < 1.29 is 14.3 Å². The van der Waals surface area contributed by atoms with Crippen molar-refractivity contribution in [2.24, 2.45) is 0 Å². The molecular formula is C14H20N2O3. The fraction of sp³-hybridized carbons (Fsp3) is 0.500. The Balaban J connectivity index is 1.83. The molecule has 2 rings (SSSR count). The molecule has 0 unspecified atom stereocenters. The van der Waals surface area contributed by atoms with E-state index in [9.17, 15) is 4.79 Å². The maximum atomic E-state index is 10.4. The molecule has 5 nitrogen and oxygen atoms in total. The lowest BCUT2D eigenvalue weighted by atomic mass is 10.2. The summed E-state index contributed by atoms with van der Waals surface area (Å²) < 4.78 is 11.1. The summed E-state index contributed by atoms with van der Waals surface area (Å²) in [7, 11) is 0. The number of rotatable bonds is 6. The van der Waals surface area contributed by atoms with Gasteiger partial charge in [0.1, 0.15) is 12.4 Å². The van der Waals surface area contributed by atoms with E-state index in [4.69, 9.17) is 9.47 Å². The third-order valence-corrected chi connectivity index (χ3v) is 3.18. The molecule has 0 bridgehead atoms. The van der Waals surface area contributed by atoms with Gasteiger partial charge in [0.05, 0.1) is 13.2 Å². The van der Waals surface area contributed by atoms with Crippen molar-refractivity contribution in [1.29, 1.82) is 0 Å². The smallest absolute Gasteiger partial charge is 0.211 e. The summed E-state index contributed by atoms with van der Waals surface area (Å²) in [5, 5.41) is 2.63. The number of aryl methyl sites for hydroxylation is 1. The van der Waals surface area contributed by atoms with E-state index in [0.29, 0.717) is 13.0 Å². The number of nitrogens with one attached hydrogen (secondary N) is 1. The summed E-state index contributed by atoms with van der Waals surface area (Å²) in [5.41, 5.74) is 1.82. The van der Waals surface area contributed by atoms with Crippen LogP contribution in [0.1, 0.15) is 5.56 Å². The SMILES string of the molecule is Cc1ccc(NC=O)cc1OCCN1CCOCC1. The van der Waals surface area contributed by atoms with Crippen LogP contribution < -0.4 is 10.1 Å². The van der Waals surface area contributed by atoms with Crippen LogP contribution in [0.5, 0.6) is 5.75 Å². The molecule has 1 N–H and O–H groups in total. The number of hydrogen-bond acceptors (Lipinski definition) is 4. The van der Waals surface area contributed by atoms with Crippen LogP contribution in [0.3, 0.4) is 0 Å². The zero-order valence-electron chi connectivity index (χ0n) is 11.2. The van der Waals surface area contributed by atoms with Crippen molar-refractivity contribution in [3.05, 3.63) is 23.8 Å². The third kappa shape index (κ3) is 4.22. The van der Waals surface area contributed by atoms with Gasteiger partial charge in [-0.15, -0.1) is 0 Å². The highest BCUT2D eigenvalue weighted by Gasteiger charge is 2.10. The number of amides is 1. The van der Waals surface area contributed by atoms with Gasteiger partial charge in [0.15, 0.2) is 0 Å². The molecule has 0 aliphatic carbocycles. The second-order valence-corrected chi connectivity index (χ2v) is 4.54. The fourth-order valence-corrected chi connectivity index (χ4v) is 2.02. The van der Waals surface area contributed by atoms with E-state index < -0.39 is 0 Å². The highest BCUT2D eigenvalue weighted by Crippen LogP contribution is 2.22. The van der Waals surface area contributed by atoms with Gasteiger partial charge in [-0.25, -0.2) is 0 Å². The van der Waals surface area contributed by atoms with Crippen molar-refractivity contribution in [3.8, 4) is 5.75 Å². The minimum Gasteiger partial charge on any atom is -0.492 e. The van der Waals surface area contributed by atoms with Crippen LogP contribution in [0.2, 0.25) is 0 Å². The second kappa shape index (κ2) is 7.11. The summed E-state index contributed by atoms with van der Waals surface area (Å²) in [4.78, 5) is 12.7. The zero-order chi connectivity index (χ0) is 13.5. The first-order chi connectivity index (χ1) is 9.29. The van der Waals surface area contributed by atoms with Gasteiger partial charge in [0.25, 0.3) is 0 Å². The van der Waals surface area contributed by atoms with Crippen molar-refractivity contribution in [1.82, 2.24) is 4.90 Å². The molecule has 1 heterocycles. The van der Waals surface area contributed by atoms with Crippen LogP contribution in [0.25, 0.3) is 0 Å². The summed E-state index contributed by atoms with van der Waals surface area (Å²) in [6, 6.07) is 5.65. The standard InChI is InChI=1S/C14H20N2O3/c1-12-2-3-13(15-11-17)10-14(12)19-9-6-16-4-7-18-8-5-16/h2-3,10-11H,4-9H2,1H3,(H,15,17). The number of carbonyl (C=O) groups excluding carboxylic acids is 1. The Morgan fingerprint density at radius 1 is 1.42 bits per heavy atom. The van der Waals surface area contributed by atoms with Crippen LogP contribution in [-0.4, -0.2) is 50.8 Å². The van der Waals surface area contributed by atoms with Gasteiger partial charge in [-0.05, 0) is 18.6 Å². The Morgan fingerprint density at radius 2 is 2.21 bits per heavy atom. The maximum Gasteiger partial charge on any atom is 0.211 e. The van der Waals surface area contributed by atoms with E-state index in [2.05, 4.69) is 10.2 Å². The Hall–Kier alpha value is -1.59. The molecular weight excluding hydrogens is 244 g/mol. The number of morpholine rings is 1. The van der Waals surface area contributed by atoms with Crippen molar-refractivity contribution in [2.45, 2.75) is 6.92 Å². The number of hydrogen-bond donors (Lipinski definition) is 1. The van der Waals surface area contributed by atoms with Gasteiger partial charge < -0.3 is 14.8 Å². The molecule has 104 valence electrons. The van der Waals surface area contributed by atoms with E-state index in [1.165, 1.54) is 0 Å². The summed E-state index contributed by atoms with van der Waals surface area (Å²) >= 11 is 0. The number of benzene rings is 1. The number of ether oxygens (including phenoxy) is 2. The van der Waals surface area contributed by atoms with Crippen molar-refractivity contribution in [3.63, 3.8) is 0 Å². The molecule has 0 atom stereocenters. The molecule has 0 saturated carbocycles. The van der Waals surface area contributed by atoms with Gasteiger partial charge in [0, 0.05) is 31.4 Å². The third-order valence-electron chi connectivity index (χ3n) is 3.18. The minimum absolute atomic E-state index is 0.644. The number of nitrogens with zero attached hydrogens (tertiary/aromatic N) is 1. The first kappa shape index (κ1) is 13.8. The number of carbonyl (C=O) groups is 1. The Kier molecular flexibility index (Phi) is 5.18. The Labute approximate surface area is 113 Å². The van der Waals surface area contributed by atoms with E-state index in [1.807, 2.05) is 25.1 Å². The lowest BCUT2D eigenvalue weighted by Crippen LogP contribution is -2.38. The molecule has 0 radical (unpaired) electrons. The summed E-state index contributed by atoms with van der Waals surface area (Å²) in [6.07, 6.45) is 0.669. The average Bonchev–Trinajstić information content (AvgIpc) is 2.44. The molecule has 1 aromatic carbocycles. The molecule has 5 heteroatoms. The lowest BCUT2D eigenvalue weighted by molar-refractivity contribution is -0.105. The van der Waals surface area contributed by atoms with Gasteiger partial charge in [-0.3, -0.25) is 9.69 Å². The van der Waals surface area contributed by atoms with Gasteiger partial charge >= 0.3 is 0 Å². The van der Waals surface area contributed by atoms with Crippen molar-refractivity contribution >= 4 is 12.1 Å². The number of anilines is 1. The van der Waals surface area contributed by atoms with E-state index >= 15 is 0 Å². The second-order valence-electron chi connectivity index (χ2n) is 4.54. The van der Waals surface area contributed by atoms with Gasteiger partial charge in [-0.1, -0.05) is 6.07 Å². The molecule has 1 aliphatic rings. The largest absolute Gasteiger partial charge is 0.492 e. The van der Waals surface area contributed by atoms with Crippen LogP contribution in [-0.2, 0) is 9.53 Å². The fourth-order valence-electron chi connectivity index (χ4n) is 2.02. The molecule has 0 aromatic heterocycles. The van der Waals surface area contributed by atoms with Gasteiger partial charge in [-0.2, -0.15) is 0 Å². The van der Waals surface area contributed by atoms with Crippen LogP contribution in [0.4, 0.5) is 5.69 Å². The Bertz CT molecular complexity index is 417. The first-order valence-electron chi connectivity index (χ1n) is 6.53. The molecule has 1 saturated heterocycles. The quantitative estimate of drug-likeness (QED) is 0.786. The maximum absolute atomic E-state index is 10.4. The molecule has 1 fully saturated rings. The predicted molar refractivity (Wildman–Crippen MR) is 73.6 cm³/mol. The first-order valence-corrected chi connectivity index (χ1v) is 6.53. The summed E-state index contributed by atoms with van der Waals surface area (Å²) in [6.45, 7) is 7.08. The lowest BCUT2D eigenvalue weighted by Gasteiger charge is -2.26. The summed E-state index contributed by atoms with van der Waals surface area (Å²) in [5.74, 6) is 0.820. The zero-order valence-corrected chi connectivity index (χ0v) is 11.2. The predicted octanol–water partition coefficient (Wildman–Crippen LogP) is 1.27. The van der Waals surface area contributed by atoms with Gasteiger partial charge in [0.2, 0.25) is 6.41 Å². The van der Waals surface area contributed by atoms with E-state index in [-0.39, 0.29) is 0 Å². The molecule has 1 amide bonds. The Morgan fingerprint density at radius 3 is 2.95 bits per heavy atom. The highest BCUT2D eigenvalue weighted by molar-refractivity contribution is 5.72. The molecule has 0 spiro atoms.